The van der Waals surface area contributed by atoms with E-state index in [4.69, 9.17) is 25.8 Å². The number of carbonyl (C=O) groups excluding carboxylic acids is 2. The van der Waals surface area contributed by atoms with Gasteiger partial charge in [-0.2, -0.15) is 0 Å². The molecule has 1 aliphatic heterocycles. The summed E-state index contributed by atoms with van der Waals surface area (Å²) in [7, 11) is 2.86. The van der Waals surface area contributed by atoms with Gasteiger partial charge in [0.05, 0.1) is 14.2 Å². The summed E-state index contributed by atoms with van der Waals surface area (Å²) in [5, 5.41) is 22.4. The predicted molar refractivity (Wildman–Crippen MR) is 121 cm³/mol. The van der Waals surface area contributed by atoms with Crippen LogP contribution in [0, 0.1) is 5.92 Å². The summed E-state index contributed by atoms with van der Waals surface area (Å²) >= 11 is 6.39. The number of methoxy groups -OCH3 is 2. The Bertz CT molecular complexity index is 1180. The van der Waals surface area contributed by atoms with Crippen molar-refractivity contribution in [1.29, 1.82) is 0 Å². The lowest BCUT2D eigenvalue weighted by atomic mass is 9.74. The Morgan fingerprint density at radius 1 is 1.15 bits per heavy atom. The number of allylic oxidation sites excluding steroid dienone is 1. The van der Waals surface area contributed by atoms with Crippen molar-refractivity contribution in [2.75, 3.05) is 20.8 Å². The minimum atomic E-state index is -1.71. The summed E-state index contributed by atoms with van der Waals surface area (Å²) in [4.78, 5) is 26.7. The summed E-state index contributed by atoms with van der Waals surface area (Å²) in [6.07, 6.45) is 2.37. The quantitative estimate of drug-likeness (QED) is 0.432. The molecular formula is C24H24ClNO7. The average Bonchev–Trinajstić information content (AvgIpc) is 3.10. The Hall–Kier alpha value is -3.39. The summed E-state index contributed by atoms with van der Waals surface area (Å²) in [5.41, 5.74) is -0.0606. The number of hydrogen-bond acceptors (Lipinski definition) is 8. The summed E-state index contributed by atoms with van der Waals surface area (Å²) in [6, 6.07) is 6.13. The zero-order valence-corrected chi connectivity index (χ0v) is 19.2. The molecule has 2 aromatic rings. The van der Waals surface area contributed by atoms with Crippen molar-refractivity contribution in [2.24, 2.45) is 5.92 Å². The Labute approximate surface area is 195 Å². The molecule has 8 nitrogen and oxygen atoms in total. The van der Waals surface area contributed by atoms with Crippen LogP contribution >= 0.6 is 11.6 Å². The van der Waals surface area contributed by atoms with Crippen LogP contribution in [0.4, 0.5) is 0 Å². The number of phenols is 2. The molecule has 2 atom stereocenters. The molecule has 0 fully saturated rings. The Morgan fingerprint density at radius 3 is 2.52 bits per heavy atom. The molecule has 0 saturated heterocycles. The molecule has 1 spiro atoms. The lowest BCUT2D eigenvalue weighted by molar-refractivity contribution is -0.129. The number of rotatable bonds is 6. The molecule has 9 heteroatoms. The van der Waals surface area contributed by atoms with Gasteiger partial charge in [-0.3, -0.25) is 9.59 Å². The van der Waals surface area contributed by atoms with E-state index >= 15 is 0 Å². The Kier molecular flexibility index (Phi) is 5.88. The molecule has 1 aliphatic carbocycles. The van der Waals surface area contributed by atoms with E-state index in [0.717, 1.165) is 5.56 Å². The van der Waals surface area contributed by atoms with Gasteiger partial charge in [0.1, 0.15) is 22.1 Å². The van der Waals surface area contributed by atoms with Crippen molar-refractivity contribution in [2.45, 2.75) is 25.4 Å². The average molecular weight is 474 g/mol. The maximum absolute atomic E-state index is 13.5. The van der Waals surface area contributed by atoms with Gasteiger partial charge < -0.3 is 29.7 Å². The standard InChI is InChI=1S/C24H24ClNO7/c1-12-8-14(26-7-6-13-4-5-15(27)16(28)9-13)10-19(29)24(12)23(30)20-17(31-2)11-18(32-3)21(25)22(20)33-24/h4-5,9-12,26-28H,6-8H2,1-3H3/t12-,24+/m1/s1. The minimum absolute atomic E-state index is 0.0926. The number of benzene rings is 2. The van der Waals surface area contributed by atoms with E-state index in [1.165, 1.54) is 38.5 Å². The third-order valence-corrected chi connectivity index (χ3v) is 6.47. The van der Waals surface area contributed by atoms with Crippen molar-refractivity contribution in [1.82, 2.24) is 5.32 Å². The van der Waals surface area contributed by atoms with Crippen LogP contribution in [0.25, 0.3) is 0 Å². The number of phenolic OH excluding ortho intramolecular Hbond substituents is 2. The van der Waals surface area contributed by atoms with Crippen molar-refractivity contribution in [3.05, 3.63) is 52.2 Å². The molecular weight excluding hydrogens is 450 g/mol. The molecule has 174 valence electrons. The SMILES string of the molecule is COc1cc(OC)c2c(c1Cl)O[C@@]1(C(=O)C=C(NCCc3ccc(O)c(O)c3)C[C@H]1C)C2=O. The highest BCUT2D eigenvalue weighted by atomic mass is 35.5. The third kappa shape index (κ3) is 3.64. The number of fused-ring (bicyclic) bond motifs is 1. The van der Waals surface area contributed by atoms with Gasteiger partial charge in [0, 0.05) is 30.3 Å². The number of halogens is 1. The maximum Gasteiger partial charge on any atom is 0.236 e. The highest BCUT2D eigenvalue weighted by molar-refractivity contribution is 6.36. The fourth-order valence-electron chi connectivity index (χ4n) is 4.34. The van der Waals surface area contributed by atoms with Gasteiger partial charge in [0.2, 0.25) is 17.2 Å². The lowest BCUT2D eigenvalue weighted by Gasteiger charge is -2.35. The highest BCUT2D eigenvalue weighted by Crippen LogP contribution is 2.52. The first-order valence-corrected chi connectivity index (χ1v) is 10.8. The number of Topliss-reactive ketones (excluding diaryl/α,β-unsaturated/α-hetero) is 1. The molecule has 33 heavy (non-hydrogen) atoms. The Morgan fingerprint density at radius 2 is 1.88 bits per heavy atom. The summed E-state index contributed by atoms with van der Waals surface area (Å²) < 4.78 is 16.6. The van der Waals surface area contributed by atoms with Crippen LogP contribution in [-0.2, 0) is 11.2 Å². The number of hydrogen-bond donors (Lipinski definition) is 3. The first-order valence-electron chi connectivity index (χ1n) is 10.4. The zero-order valence-electron chi connectivity index (χ0n) is 18.4. The van der Waals surface area contributed by atoms with Gasteiger partial charge in [0.25, 0.3) is 0 Å². The largest absolute Gasteiger partial charge is 0.504 e. The molecule has 1 heterocycles. The summed E-state index contributed by atoms with van der Waals surface area (Å²) in [6.45, 7) is 2.28. The smallest absolute Gasteiger partial charge is 0.236 e. The number of nitrogens with one attached hydrogen (secondary N) is 1. The first-order chi connectivity index (χ1) is 15.7. The second-order valence-electron chi connectivity index (χ2n) is 8.10. The molecule has 3 N–H and O–H groups in total. The van der Waals surface area contributed by atoms with Crippen molar-refractivity contribution >= 4 is 23.2 Å². The van der Waals surface area contributed by atoms with Gasteiger partial charge in [-0.15, -0.1) is 0 Å². The fourth-order valence-corrected chi connectivity index (χ4v) is 4.61. The van der Waals surface area contributed by atoms with E-state index in [0.29, 0.717) is 25.1 Å². The highest BCUT2D eigenvalue weighted by Gasteiger charge is 2.60. The van der Waals surface area contributed by atoms with Crippen LogP contribution in [0.3, 0.4) is 0 Å². The molecule has 0 amide bonds. The lowest BCUT2D eigenvalue weighted by Crippen LogP contribution is -2.55. The fraction of sp³-hybridized carbons (Fsp3) is 0.333. The molecule has 0 saturated carbocycles. The van der Waals surface area contributed by atoms with Crippen LogP contribution in [0.2, 0.25) is 5.02 Å². The number of ether oxygens (including phenoxy) is 3. The van der Waals surface area contributed by atoms with E-state index in [2.05, 4.69) is 5.32 Å². The second kappa shape index (κ2) is 8.51. The van der Waals surface area contributed by atoms with Crippen LogP contribution in [-0.4, -0.2) is 48.1 Å². The van der Waals surface area contributed by atoms with Crippen LogP contribution in [0.1, 0.15) is 29.3 Å². The maximum atomic E-state index is 13.5. The minimum Gasteiger partial charge on any atom is -0.504 e. The number of ketones is 2. The van der Waals surface area contributed by atoms with E-state index in [9.17, 15) is 19.8 Å². The van der Waals surface area contributed by atoms with Gasteiger partial charge in [-0.25, -0.2) is 0 Å². The normalized spacial score (nSPS) is 21.5. The van der Waals surface area contributed by atoms with Crippen LogP contribution in [0.15, 0.2) is 36.0 Å². The van der Waals surface area contributed by atoms with E-state index in [1.54, 1.807) is 13.0 Å². The van der Waals surface area contributed by atoms with Crippen LogP contribution < -0.4 is 19.5 Å². The van der Waals surface area contributed by atoms with Gasteiger partial charge >= 0.3 is 0 Å². The van der Waals surface area contributed by atoms with E-state index < -0.39 is 23.1 Å². The Balaban J connectivity index is 1.55. The van der Waals surface area contributed by atoms with Gasteiger partial charge in [0.15, 0.2) is 17.2 Å². The third-order valence-electron chi connectivity index (χ3n) is 6.12. The molecule has 0 radical (unpaired) electrons. The van der Waals surface area contributed by atoms with Gasteiger partial charge in [-0.05, 0) is 30.5 Å². The van der Waals surface area contributed by atoms with Crippen LogP contribution in [0.5, 0.6) is 28.7 Å². The second-order valence-corrected chi connectivity index (χ2v) is 8.48. The van der Waals surface area contributed by atoms with E-state index in [-0.39, 0.29) is 39.3 Å². The topological polar surface area (TPSA) is 114 Å². The number of carbonyl (C=O) groups is 2. The van der Waals surface area contributed by atoms with Gasteiger partial charge in [-0.1, -0.05) is 24.6 Å². The predicted octanol–water partition coefficient (Wildman–Crippen LogP) is 3.41. The van der Waals surface area contributed by atoms with Crippen molar-refractivity contribution in [3.8, 4) is 28.7 Å². The monoisotopic (exact) mass is 473 g/mol. The molecule has 2 aromatic carbocycles. The van der Waals surface area contributed by atoms with E-state index in [1.807, 2.05) is 0 Å². The number of aromatic hydroxyl groups is 2. The summed E-state index contributed by atoms with van der Waals surface area (Å²) in [5.74, 6) is -1.17. The molecule has 0 bridgehead atoms. The molecule has 2 aliphatic rings. The molecule has 0 aromatic heterocycles. The molecule has 4 rings (SSSR count). The zero-order chi connectivity index (χ0) is 23.9. The molecule has 0 unspecified atom stereocenters. The van der Waals surface area contributed by atoms with Crippen molar-refractivity contribution < 1.29 is 34.0 Å². The van der Waals surface area contributed by atoms with Crippen molar-refractivity contribution in [3.63, 3.8) is 0 Å². The first kappa shape index (κ1) is 22.8.